The van der Waals surface area contributed by atoms with Gasteiger partial charge >= 0.3 is 47.8 Å². The van der Waals surface area contributed by atoms with Gasteiger partial charge in [-0.1, -0.05) is 65.5 Å². The van der Waals surface area contributed by atoms with Gasteiger partial charge in [-0.15, -0.1) is 45.9 Å². The van der Waals surface area contributed by atoms with E-state index in [1.807, 2.05) is 0 Å². The summed E-state index contributed by atoms with van der Waals surface area (Å²) in [4.78, 5) is 138. The van der Waals surface area contributed by atoms with Crippen molar-refractivity contribution in [2.24, 2.45) is 23.7 Å². The van der Waals surface area contributed by atoms with Gasteiger partial charge in [-0.05, 0) is 31.1 Å². The number of amides is 3. The number of hydrogen-bond donors (Lipinski definition) is 2. The van der Waals surface area contributed by atoms with Crippen molar-refractivity contribution in [2.75, 3.05) is 106 Å². The Morgan fingerprint density at radius 1 is 0.293 bits per heavy atom. The summed E-state index contributed by atoms with van der Waals surface area (Å²) < 4.78 is 121. The molecule has 60 nitrogen and oxygen atoms in total. The molecule has 12 atom stereocenters. The predicted molar refractivity (Wildman–Crippen MR) is 496 cm³/mol. The maximum Gasteiger partial charge on any atom is 0.303 e. The maximum atomic E-state index is 13.0. The van der Waals surface area contributed by atoms with Crippen LogP contribution in [0.25, 0.3) is 0 Å². The zero-order valence-electron chi connectivity index (χ0n) is 84.6. The zero-order chi connectivity index (χ0) is 106. The number of unbranched alkanes of at least 4 members (excludes halogenated alkanes) is 2. The van der Waals surface area contributed by atoms with Crippen LogP contribution in [0.2, 0.25) is 0 Å². The van der Waals surface area contributed by atoms with Crippen molar-refractivity contribution >= 4 is 65.5 Å². The number of likely N-dealkylation sites (tertiary alicyclic amines) is 1. The van der Waals surface area contributed by atoms with Crippen LogP contribution in [0.1, 0.15) is 139 Å². The Hall–Kier alpha value is -14.1. The molecule has 9 aromatic heterocycles. The van der Waals surface area contributed by atoms with Crippen LogP contribution in [0, 0.1) is 23.7 Å². The molecular formula is C90H127N29O31. The minimum absolute atomic E-state index is 0.0120. The van der Waals surface area contributed by atoms with Crippen LogP contribution in [0.15, 0.2) is 67.9 Å². The van der Waals surface area contributed by atoms with Crippen LogP contribution in [0.4, 0.5) is 0 Å². The van der Waals surface area contributed by atoms with Crippen molar-refractivity contribution in [3.05, 3.63) is 119 Å². The van der Waals surface area contributed by atoms with Gasteiger partial charge < -0.3 is 100 Å². The van der Waals surface area contributed by atoms with Gasteiger partial charge in [0.1, 0.15) is 100 Å². The minimum Gasteiger partial charge on any atom is -0.458 e. The molecule has 0 aromatic carbocycles. The molecule has 150 heavy (non-hydrogen) atoms. The Morgan fingerprint density at radius 2 is 0.520 bits per heavy atom. The number of aliphatic hydroxyl groups is 1. The second-order valence-electron chi connectivity index (χ2n) is 35.4. The Morgan fingerprint density at radius 3 is 0.773 bits per heavy atom. The number of allylic oxidation sites excluding steroid dienone is 2. The first-order chi connectivity index (χ1) is 72.5. The van der Waals surface area contributed by atoms with Crippen molar-refractivity contribution in [3.63, 3.8) is 0 Å². The van der Waals surface area contributed by atoms with Crippen molar-refractivity contribution in [1.82, 2.24) is 145 Å². The standard InChI is InChI=1S/C90H127N29O31/c1-59(121)143-78(35-111-26-69(92-102-111)25-91-86(129)12-10-9-11-15-119-89(130)87-67-13-14-68(24-67)88(87)90(119)131)51-136-44-71-28-113(104-94-71)37-80(145-61(3)123)53-138-46-73-30-115(106-96-73)39-82(147-63(5)125)55-140-48-75-32-117(108-98-75)41-84(149-65(7)127)57-142-50-77-34-118(109-100-77)42-85(150-66(8)128)58-141-49-76-33-116(107-99-76)40-83(148-64(6)126)56-139-47-74-31-114(105-97-74)38-81(146-62(4)124)54-137-45-72-29-112(103-95-72)36-79(144-60(2)122)52-135-43-70-27-110(101-93-70)16-18-132-20-22-134-23-21-133-19-17-120/h13-14,26-34,67-68,78-85,87-88,120H,9-12,15-25,35-58H2,1-8H3,(H,91,129)/t67?,68?,78-,79-,80-,81-,82-,83-,84-,85-,87?,88?/m0/s1. The molecule has 4 unspecified atom stereocenters. The predicted octanol–water partition coefficient (Wildman–Crippen LogP) is -1.78. The monoisotopic (exact) mass is 2110 g/mol. The average Bonchev–Trinajstić information content (AvgIpc) is 1.57. The zero-order valence-corrected chi connectivity index (χ0v) is 84.6. The number of aliphatic hydroxyl groups excluding tert-OH is 1. The number of rotatable bonds is 75. The summed E-state index contributed by atoms with van der Waals surface area (Å²) in [5.41, 5.74) is 3.85. The fraction of sp³-hybridized carbons (Fsp3) is 0.656. The molecule has 1 saturated heterocycles. The summed E-state index contributed by atoms with van der Waals surface area (Å²) in [6.07, 6.45) is 15.2. The van der Waals surface area contributed by atoms with Crippen molar-refractivity contribution < 1.29 is 148 Å². The van der Waals surface area contributed by atoms with Gasteiger partial charge in [-0.2, -0.15) is 0 Å². The fourth-order valence-corrected chi connectivity index (χ4v) is 16.3. The summed E-state index contributed by atoms with van der Waals surface area (Å²) in [7, 11) is 0. The van der Waals surface area contributed by atoms with Crippen molar-refractivity contribution in [3.8, 4) is 0 Å². The molecular weight excluding hydrogens is 1980 g/mol. The lowest BCUT2D eigenvalue weighted by Gasteiger charge is -2.17. The highest BCUT2D eigenvalue weighted by molar-refractivity contribution is 6.06. The number of imide groups is 1. The number of fused-ring (bicyclic) bond motifs is 5. The Labute approximate surface area is 858 Å². The van der Waals surface area contributed by atoms with E-state index in [-0.39, 0.29) is 226 Å². The van der Waals surface area contributed by atoms with Gasteiger partial charge in [-0.25, -0.2) is 42.1 Å². The van der Waals surface area contributed by atoms with Crippen LogP contribution in [0.5, 0.6) is 0 Å². The van der Waals surface area contributed by atoms with Crippen LogP contribution < -0.4 is 5.32 Å². The third kappa shape index (κ3) is 40.7. The van der Waals surface area contributed by atoms with Crippen molar-refractivity contribution in [2.45, 2.75) is 255 Å². The SMILES string of the molecule is CC(=O)O[C@H](COCc1cn(C[C@@H](COCc2cn(C[C@@H](COCc3cn(C[C@@H](COCc4cn(C[C@@H](COCc5cn(C[C@@H](COCc6cn(C[C@@H](COCc7cn(C[C@@H](COCc8cn(CCOCCOCCOCCO)nn8)OC(C)=O)nn7)OC(C)=O)nn6)OC(C)=O)nn5)OC(C)=O)nn4)OC(C)=O)nn3)OC(C)=O)nn2)OC(C)=O)nn1)Cn1cc(CNC(=O)CCCCCN2C(=O)C3C4C=CC(C4)C3C2=O)nn1. The third-order valence-electron chi connectivity index (χ3n) is 22.2. The van der Waals surface area contributed by atoms with Crippen LogP contribution in [-0.4, -0.2) is 365 Å². The smallest absolute Gasteiger partial charge is 0.303 e. The second-order valence-corrected chi connectivity index (χ2v) is 35.4. The maximum absolute atomic E-state index is 13.0. The third-order valence-corrected chi connectivity index (χ3v) is 22.2. The van der Waals surface area contributed by atoms with E-state index >= 15 is 0 Å². The summed E-state index contributed by atoms with van der Waals surface area (Å²) in [5, 5.41) is 86.5. The lowest BCUT2D eigenvalue weighted by atomic mass is 9.85. The number of nitrogens with zero attached hydrogens (tertiary/aromatic N) is 28. The minimum atomic E-state index is -0.839. The molecule has 0 radical (unpaired) electrons. The van der Waals surface area contributed by atoms with E-state index in [2.05, 4.69) is 110 Å². The molecule has 60 heteroatoms. The molecule has 0 spiro atoms. The largest absolute Gasteiger partial charge is 0.458 e. The van der Waals surface area contributed by atoms with Gasteiger partial charge in [0.05, 0.1) is 285 Å². The first-order valence-electron chi connectivity index (χ1n) is 48.6. The Balaban J connectivity index is 0.499. The molecule has 2 N–H and O–H groups in total. The number of aromatic nitrogens is 27. The molecule has 10 heterocycles. The van der Waals surface area contributed by atoms with Crippen molar-refractivity contribution in [1.29, 1.82) is 0 Å². The lowest BCUT2D eigenvalue weighted by Crippen LogP contribution is -2.33. The number of esters is 8. The van der Waals surface area contributed by atoms with E-state index in [9.17, 15) is 52.7 Å². The van der Waals surface area contributed by atoms with E-state index in [0.717, 1.165) is 6.42 Å². The molecule has 1 aliphatic heterocycles. The quantitative estimate of drug-likeness (QED) is 0.0140. The molecule has 9 aromatic rings. The van der Waals surface area contributed by atoms with E-state index in [0.29, 0.717) is 117 Å². The van der Waals surface area contributed by atoms with Crippen LogP contribution in [-0.2, 0) is 261 Å². The fourth-order valence-electron chi connectivity index (χ4n) is 16.3. The van der Waals surface area contributed by atoms with Gasteiger partial charge in [-0.3, -0.25) is 57.6 Å². The van der Waals surface area contributed by atoms with Gasteiger partial charge in [0, 0.05) is 68.4 Å². The van der Waals surface area contributed by atoms with Crippen LogP contribution in [0.3, 0.4) is 0 Å². The number of carbonyl (C=O) groups is 11. The topological polar surface area (TPSA) is 675 Å². The Kier molecular flexibility index (Phi) is 46.2. The lowest BCUT2D eigenvalue weighted by molar-refractivity contribution is -0.151. The summed E-state index contributed by atoms with van der Waals surface area (Å²) >= 11 is 0. The Bertz CT molecular complexity index is 5720. The number of nitrogens with one attached hydrogen (secondary N) is 1. The number of hydrogen-bond acceptors (Lipinski definition) is 49. The highest BCUT2D eigenvalue weighted by Crippen LogP contribution is 2.52. The number of ether oxygens (including phenoxy) is 19. The van der Waals surface area contributed by atoms with E-state index in [1.165, 1.54) is 97.7 Å². The summed E-state index contributed by atoms with van der Waals surface area (Å²) in [6.45, 7) is 12.8. The van der Waals surface area contributed by atoms with E-state index < -0.39 is 96.6 Å². The number of carbonyl (C=O) groups excluding carboxylic acids is 11. The normalized spacial score (nSPS) is 16.3. The average molecular weight is 2110 g/mol. The molecule has 818 valence electrons. The molecule has 3 amide bonds. The van der Waals surface area contributed by atoms with Gasteiger partial charge in [0.15, 0.2) is 0 Å². The summed E-state index contributed by atoms with van der Waals surface area (Å²) in [6, 6.07) is 0. The van der Waals surface area contributed by atoms with E-state index in [1.54, 1.807) is 60.5 Å². The molecule has 2 bridgehead atoms. The molecule has 1 saturated carbocycles. The second kappa shape index (κ2) is 60.5. The molecule has 12 rings (SSSR count). The molecule has 3 aliphatic rings. The molecule has 2 aliphatic carbocycles. The molecule has 2 fully saturated rings. The first-order valence-corrected chi connectivity index (χ1v) is 48.6. The van der Waals surface area contributed by atoms with Gasteiger partial charge in [0.2, 0.25) is 17.7 Å². The summed E-state index contributed by atoms with van der Waals surface area (Å²) in [5.74, 6) is -4.94. The first kappa shape index (κ1) is 115. The van der Waals surface area contributed by atoms with Crippen LogP contribution >= 0.6 is 0 Å². The highest BCUT2D eigenvalue weighted by Gasteiger charge is 2.59. The highest BCUT2D eigenvalue weighted by atomic mass is 16.6. The van der Waals surface area contributed by atoms with Gasteiger partial charge in [0.25, 0.3) is 0 Å². The van der Waals surface area contributed by atoms with E-state index in [4.69, 9.17) is 95.1 Å².